The number of nitrogens with zero attached hydrogens (tertiary/aromatic N) is 1. The first-order valence-corrected chi connectivity index (χ1v) is 6.62. The van der Waals surface area contributed by atoms with Crippen molar-refractivity contribution in [2.24, 2.45) is 5.92 Å². The molecule has 1 aliphatic heterocycles. The summed E-state index contributed by atoms with van der Waals surface area (Å²) in [5.41, 5.74) is 0.833. The monoisotopic (exact) mass is 265 g/mol. The van der Waals surface area contributed by atoms with E-state index < -0.39 is 0 Å². The molecule has 0 aromatic carbocycles. The summed E-state index contributed by atoms with van der Waals surface area (Å²) in [6.45, 7) is 2.40. The van der Waals surface area contributed by atoms with E-state index in [9.17, 15) is 0 Å². The second-order valence-corrected chi connectivity index (χ2v) is 4.48. The van der Waals surface area contributed by atoms with Crippen molar-refractivity contribution in [3.05, 3.63) is 24.0 Å². The van der Waals surface area contributed by atoms with Gasteiger partial charge in [-0.3, -0.25) is 4.98 Å². The molecule has 1 aliphatic rings. The van der Waals surface area contributed by atoms with E-state index in [0.29, 0.717) is 11.8 Å². The molecule has 0 unspecified atom stereocenters. The molecule has 1 aromatic rings. The fourth-order valence-corrected chi connectivity index (χ4v) is 1.90. The van der Waals surface area contributed by atoms with E-state index >= 15 is 0 Å². The van der Waals surface area contributed by atoms with Crippen LogP contribution in [0, 0.1) is 17.8 Å². The number of hydrogen-bond acceptors (Lipinski definition) is 3. The van der Waals surface area contributed by atoms with Crippen LogP contribution in [0.2, 0.25) is 0 Å². The fraction of sp³-hybridized carbons (Fsp3) is 0.500. The normalized spacial score (nSPS) is 15.8. The van der Waals surface area contributed by atoms with E-state index in [1.165, 1.54) is 0 Å². The summed E-state index contributed by atoms with van der Waals surface area (Å²) in [5.74, 6) is 7.40. The molecule has 18 heavy (non-hydrogen) atoms. The van der Waals surface area contributed by atoms with Crippen LogP contribution in [-0.2, 0) is 4.74 Å². The topological polar surface area (TPSA) is 31.4 Å². The van der Waals surface area contributed by atoms with Crippen molar-refractivity contribution in [3.8, 4) is 17.6 Å². The van der Waals surface area contributed by atoms with E-state index in [-0.39, 0.29) is 0 Å². The molecule has 0 bridgehead atoms. The zero-order valence-corrected chi connectivity index (χ0v) is 10.9. The maximum atomic E-state index is 5.75. The van der Waals surface area contributed by atoms with E-state index in [1.54, 1.807) is 12.4 Å². The van der Waals surface area contributed by atoms with E-state index in [4.69, 9.17) is 21.1 Å². The lowest BCUT2D eigenvalue weighted by atomic mass is 10.0. The minimum absolute atomic E-state index is 0.327. The molecule has 0 amide bonds. The van der Waals surface area contributed by atoms with Crippen LogP contribution in [0.4, 0.5) is 0 Å². The van der Waals surface area contributed by atoms with Crippen LogP contribution >= 0.6 is 11.6 Å². The summed E-state index contributed by atoms with van der Waals surface area (Å²) in [6, 6.07) is 1.89. The van der Waals surface area contributed by atoms with Crippen molar-refractivity contribution in [2.75, 3.05) is 25.7 Å². The van der Waals surface area contributed by atoms with Crippen molar-refractivity contribution in [2.45, 2.75) is 12.8 Å². The number of hydrogen-bond donors (Lipinski definition) is 0. The predicted octanol–water partition coefficient (Wildman–Crippen LogP) is 2.48. The Morgan fingerprint density at radius 3 is 3.00 bits per heavy atom. The first-order chi connectivity index (χ1) is 8.88. The molecule has 96 valence electrons. The largest absolute Gasteiger partial charge is 0.492 e. The summed E-state index contributed by atoms with van der Waals surface area (Å²) in [5, 5.41) is 0. The average molecular weight is 266 g/mol. The highest BCUT2D eigenvalue weighted by atomic mass is 35.5. The highest BCUT2D eigenvalue weighted by Gasteiger charge is 2.14. The van der Waals surface area contributed by atoms with Gasteiger partial charge >= 0.3 is 0 Å². The lowest BCUT2D eigenvalue weighted by molar-refractivity contribution is 0.0497. The molecule has 2 rings (SSSR count). The molecule has 1 fully saturated rings. The van der Waals surface area contributed by atoms with Crippen molar-refractivity contribution >= 4 is 11.6 Å². The molecule has 0 radical (unpaired) electrons. The molecule has 0 spiro atoms. The van der Waals surface area contributed by atoms with Crippen LogP contribution in [0.1, 0.15) is 18.4 Å². The van der Waals surface area contributed by atoms with E-state index in [1.807, 2.05) is 6.07 Å². The fourth-order valence-electron chi connectivity index (χ4n) is 1.83. The van der Waals surface area contributed by atoms with Gasteiger partial charge in [0.15, 0.2) is 0 Å². The zero-order chi connectivity index (χ0) is 12.6. The molecule has 0 aliphatic carbocycles. The second kappa shape index (κ2) is 7.25. The number of halogens is 1. The molecular weight excluding hydrogens is 250 g/mol. The predicted molar refractivity (Wildman–Crippen MR) is 70.9 cm³/mol. The SMILES string of the molecule is ClCC#Cc1cncc(OCC2CCOCC2)c1. The third-order valence-corrected chi connectivity index (χ3v) is 2.97. The molecular formula is C14H16ClNO2. The van der Waals surface area contributed by atoms with Crippen LogP contribution in [0.25, 0.3) is 0 Å². The second-order valence-electron chi connectivity index (χ2n) is 4.21. The molecule has 0 N–H and O–H groups in total. The standard InChI is InChI=1S/C14H16ClNO2/c15-5-1-2-13-8-14(10-16-9-13)18-11-12-3-6-17-7-4-12/h8-10,12H,3-7,11H2. The number of pyridine rings is 1. The molecule has 2 heterocycles. The van der Waals surface area contributed by atoms with E-state index in [2.05, 4.69) is 16.8 Å². The number of aromatic nitrogens is 1. The number of rotatable bonds is 3. The quantitative estimate of drug-likeness (QED) is 0.622. The first-order valence-electron chi connectivity index (χ1n) is 6.09. The first kappa shape index (κ1) is 13.2. The summed E-state index contributed by atoms with van der Waals surface area (Å²) in [4.78, 5) is 4.11. The minimum Gasteiger partial charge on any atom is -0.492 e. The Kier molecular flexibility index (Phi) is 5.32. The van der Waals surface area contributed by atoms with Gasteiger partial charge in [-0.2, -0.15) is 0 Å². The lowest BCUT2D eigenvalue weighted by Gasteiger charge is -2.21. The molecule has 3 nitrogen and oxygen atoms in total. The summed E-state index contributed by atoms with van der Waals surface area (Å²) in [7, 11) is 0. The van der Waals surface area contributed by atoms with Gasteiger partial charge in [0.25, 0.3) is 0 Å². The van der Waals surface area contributed by atoms with Crippen LogP contribution in [-0.4, -0.2) is 30.7 Å². The van der Waals surface area contributed by atoms with Crippen molar-refractivity contribution < 1.29 is 9.47 Å². The van der Waals surface area contributed by atoms with Crippen LogP contribution in [0.5, 0.6) is 5.75 Å². The number of ether oxygens (including phenoxy) is 2. The summed E-state index contributed by atoms with van der Waals surface area (Å²) >= 11 is 5.52. The zero-order valence-electron chi connectivity index (χ0n) is 10.2. The Labute approximate surface area is 112 Å². The molecule has 4 heteroatoms. The summed E-state index contributed by atoms with van der Waals surface area (Å²) < 4.78 is 11.1. The van der Waals surface area contributed by atoms with Gasteiger partial charge in [-0.1, -0.05) is 11.8 Å². The third-order valence-electron chi connectivity index (χ3n) is 2.84. The Hall–Kier alpha value is -1.24. The number of alkyl halides is 1. The smallest absolute Gasteiger partial charge is 0.138 e. The maximum absolute atomic E-state index is 5.75. The summed E-state index contributed by atoms with van der Waals surface area (Å²) in [6.07, 6.45) is 5.56. The third kappa shape index (κ3) is 4.21. The lowest BCUT2D eigenvalue weighted by Crippen LogP contribution is -2.21. The van der Waals surface area contributed by atoms with Gasteiger partial charge in [-0.05, 0) is 24.8 Å². The highest BCUT2D eigenvalue weighted by Crippen LogP contribution is 2.17. The maximum Gasteiger partial charge on any atom is 0.138 e. The van der Waals surface area contributed by atoms with Crippen LogP contribution in [0.3, 0.4) is 0 Å². The van der Waals surface area contributed by atoms with Gasteiger partial charge in [0, 0.05) is 25.0 Å². The van der Waals surface area contributed by atoms with Gasteiger partial charge in [-0.25, -0.2) is 0 Å². The Morgan fingerprint density at radius 1 is 1.39 bits per heavy atom. The Bertz CT molecular complexity index is 433. The molecule has 0 atom stereocenters. The van der Waals surface area contributed by atoms with Crippen molar-refractivity contribution in [1.29, 1.82) is 0 Å². The molecule has 1 aromatic heterocycles. The van der Waals surface area contributed by atoms with Crippen molar-refractivity contribution in [1.82, 2.24) is 4.98 Å². The van der Waals surface area contributed by atoms with Gasteiger partial charge in [0.05, 0.1) is 18.7 Å². The van der Waals surface area contributed by atoms with Gasteiger partial charge in [0.2, 0.25) is 0 Å². The Balaban J connectivity index is 1.88. The van der Waals surface area contributed by atoms with Crippen LogP contribution in [0.15, 0.2) is 18.5 Å². The average Bonchev–Trinajstić information content (AvgIpc) is 2.44. The van der Waals surface area contributed by atoms with Gasteiger partial charge < -0.3 is 9.47 Å². The van der Waals surface area contributed by atoms with Crippen LogP contribution < -0.4 is 4.74 Å². The van der Waals surface area contributed by atoms with Gasteiger partial charge in [0.1, 0.15) is 5.75 Å². The minimum atomic E-state index is 0.327. The van der Waals surface area contributed by atoms with E-state index in [0.717, 1.165) is 44.0 Å². The highest BCUT2D eigenvalue weighted by molar-refractivity contribution is 6.19. The van der Waals surface area contributed by atoms with Gasteiger partial charge in [-0.15, -0.1) is 11.6 Å². The molecule has 0 saturated carbocycles. The molecule has 1 saturated heterocycles. The van der Waals surface area contributed by atoms with Crippen molar-refractivity contribution in [3.63, 3.8) is 0 Å². The Morgan fingerprint density at radius 2 is 2.22 bits per heavy atom.